The molecule has 0 radical (unpaired) electrons. The van der Waals surface area contributed by atoms with Gasteiger partial charge in [0.2, 0.25) is 5.88 Å². The first-order chi connectivity index (χ1) is 7.97. The van der Waals surface area contributed by atoms with Gasteiger partial charge in [-0.1, -0.05) is 13.8 Å². The lowest BCUT2D eigenvalue weighted by Gasteiger charge is -2.24. The Morgan fingerprint density at radius 2 is 2.06 bits per heavy atom. The molecule has 0 spiro atoms. The van der Waals surface area contributed by atoms with Crippen LogP contribution >= 0.6 is 0 Å². The Bertz CT molecular complexity index is 353. The van der Waals surface area contributed by atoms with Crippen molar-refractivity contribution >= 4 is 0 Å². The molecule has 1 aromatic rings. The minimum atomic E-state index is -1.04. The van der Waals surface area contributed by atoms with Crippen LogP contribution in [0.1, 0.15) is 32.9 Å². The maximum atomic E-state index is 10.4. The van der Waals surface area contributed by atoms with Crippen molar-refractivity contribution in [2.45, 2.75) is 38.8 Å². The Morgan fingerprint density at radius 1 is 1.41 bits per heavy atom. The number of ether oxygens (including phenoxy) is 1. The molecule has 1 atom stereocenters. The average Bonchev–Trinajstić information content (AvgIpc) is 2.28. The molecule has 0 aliphatic carbocycles. The third-order valence-electron chi connectivity index (χ3n) is 2.53. The highest BCUT2D eigenvalue weighted by Crippen LogP contribution is 2.28. The Kier molecular flexibility index (Phi) is 4.84. The number of aromatic nitrogens is 2. The molecule has 0 fully saturated rings. The van der Waals surface area contributed by atoms with Crippen molar-refractivity contribution in [2.75, 3.05) is 13.7 Å². The van der Waals surface area contributed by atoms with E-state index in [1.165, 1.54) is 7.11 Å². The van der Waals surface area contributed by atoms with Crippen LogP contribution in [0.25, 0.3) is 0 Å². The van der Waals surface area contributed by atoms with Gasteiger partial charge < -0.3 is 15.2 Å². The van der Waals surface area contributed by atoms with Crippen LogP contribution in [0.2, 0.25) is 0 Å². The summed E-state index contributed by atoms with van der Waals surface area (Å²) in [6.45, 7) is 6.57. The molecule has 5 nitrogen and oxygen atoms in total. The predicted molar refractivity (Wildman–Crippen MR) is 65.9 cm³/mol. The molecule has 0 amide bonds. The summed E-state index contributed by atoms with van der Waals surface area (Å²) in [5.41, 5.74) is -0.561. The summed E-state index contributed by atoms with van der Waals surface area (Å²) >= 11 is 0. The van der Waals surface area contributed by atoms with Crippen molar-refractivity contribution in [2.24, 2.45) is 0 Å². The highest BCUT2D eigenvalue weighted by Gasteiger charge is 2.28. The van der Waals surface area contributed by atoms with Gasteiger partial charge in [0.05, 0.1) is 7.11 Å². The highest BCUT2D eigenvalue weighted by atomic mass is 16.5. The quantitative estimate of drug-likeness (QED) is 0.777. The molecule has 0 saturated heterocycles. The number of rotatable bonds is 6. The van der Waals surface area contributed by atoms with Crippen molar-refractivity contribution in [1.29, 1.82) is 0 Å². The standard InChI is InChI=1S/C12H21N3O2/c1-9(2)13-6-5-12(3,16)10-11(17-4)15-8-7-14-10/h7-9,13,16H,5-6H2,1-4H3. The highest BCUT2D eigenvalue weighted by molar-refractivity contribution is 5.23. The van der Waals surface area contributed by atoms with E-state index in [-0.39, 0.29) is 0 Å². The number of methoxy groups -OCH3 is 1. The van der Waals surface area contributed by atoms with E-state index in [4.69, 9.17) is 4.74 Å². The maximum absolute atomic E-state index is 10.4. The van der Waals surface area contributed by atoms with E-state index < -0.39 is 5.60 Å². The van der Waals surface area contributed by atoms with Crippen LogP contribution in [0, 0.1) is 0 Å². The Balaban J connectivity index is 2.74. The monoisotopic (exact) mass is 239 g/mol. The van der Waals surface area contributed by atoms with Crippen molar-refractivity contribution in [1.82, 2.24) is 15.3 Å². The molecule has 0 saturated carbocycles. The fourth-order valence-electron chi connectivity index (χ4n) is 1.57. The molecule has 1 unspecified atom stereocenters. The molecule has 5 heteroatoms. The number of hydrogen-bond acceptors (Lipinski definition) is 5. The minimum Gasteiger partial charge on any atom is -0.480 e. The zero-order chi connectivity index (χ0) is 12.9. The molecule has 0 aliphatic heterocycles. The summed E-state index contributed by atoms with van der Waals surface area (Å²) < 4.78 is 5.11. The van der Waals surface area contributed by atoms with Gasteiger partial charge >= 0.3 is 0 Å². The van der Waals surface area contributed by atoms with Gasteiger partial charge in [-0.15, -0.1) is 0 Å². The zero-order valence-electron chi connectivity index (χ0n) is 10.9. The van der Waals surface area contributed by atoms with Gasteiger partial charge in [-0.3, -0.25) is 4.98 Å². The second-order valence-corrected chi connectivity index (χ2v) is 4.55. The van der Waals surface area contributed by atoms with E-state index >= 15 is 0 Å². The largest absolute Gasteiger partial charge is 0.480 e. The van der Waals surface area contributed by atoms with Gasteiger partial charge in [0.25, 0.3) is 0 Å². The van der Waals surface area contributed by atoms with E-state index in [0.717, 1.165) is 0 Å². The van der Waals surface area contributed by atoms with Gasteiger partial charge in [0, 0.05) is 18.4 Å². The zero-order valence-corrected chi connectivity index (χ0v) is 10.9. The van der Waals surface area contributed by atoms with E-state index in [0.29, 0.717) is 30.6 Å². The SMILES string of the molecule is COc1nccnc1C(C)(O)CCNC(C)C. The summed E-state index contributed by atoms with van der Waals surface area (Å²) in [6.07, 6.45) is 3.66. The second kappa shape index (κ2) is 5.93. The second-order valence-electron chi connectivity index (χ2n) is 4.55. The number of nitrogens with zero attached hydrogens (tertiary/aromatic N) is 2. The Labute approximate surface area is 102 Å². The third-order valence-corrected chi connectivity index (χ3v) is 2.53. The summed E-state index contributed by atoms with van der Waals surface area (Å²) in [4.78, 5) is 8.20. The summed E-state index contributed by atoms with van der Waals surface area (Å²) in [7, 11) is 1.52. The van der Waals surface area contributed by atoms with Crippen LogP contribution < -0.4 is 10.1 Å². The topological polar surface area (TPSA) is 67.3 Å². The smallest absolute Gasteiger partial charge is 0.238 e. The van der Waals surface area contributed by atoms with Gasteiger partial charge in [0.1, 0.15) is 11.3 Å². The van der Waals surface area contributed by atoms with Crippen LogP contribution in [-0.2, 0) is 5.60 Å². The van der Waals surface area contributed by atoms with Crippen LogP contribution in [-0.4, -0.2) is 34.8 Å². The van der Waals surface area contributed by atoms with Crippen molar-refractivity contribution in [3.8, 4) is 5.88 Å². The summed E-state index contributed by atoms with van der Waals surface area (Å²) in [5, 5.41) is 13.6. The molecule has 96 valence electrons. The fraction of sp³-hybridized carbons (Fsp3) is 0.667. The molecule has 2 N–H and O–H groups in total. The van der Waals surface area contributed by atoms with Gasteiger partial charge in [-0.05, 0) is 19.9 Å². The first-order valence-electron chi connectivity index (χ1n) is 5.78. The Morgan fingerprint density at radius 3 is 2.65 bits per heavy atom. The van der Waals surface area contributed by atoms with E-state index in [1.54, 1.807) is 19.3 Å². The van der Waals surface area contributed by atoms with Gasteiger partial charge in [-0.2, -0.15) is 0 Å². The van der Waals surface area contributed by atoms with Crippen molar-refractivity contribution in [3.05, 3.63) is 18.1 Å². The molecule has 1 rings (SSSR count). The first kappa shape index (κ1) is 13.9. The van der Waals surface area contributed by atoms with Crippen LogP contribution in [0.3, 0.4) is 0 Å². The summed E-state index contributed by atoms with van der Waals surface area (Å²) in [5.74, 6) is 0.377. The van der Waals surface area contributed by atoms with E-state index in [2.05, 4.69) is 29.1 Å². The van der Waals surface area contributed by atoms with Gasteiger partial charge in [0.15, 0.2) is 0 Å². The minimum absolute atomic E-state index is 0.377. The summed E-state index contributed by atoms with van der Waals surface area (Å²) in [6, 6.07) is 0.398. The van der Waals surface area contributed by atoms with Crippen molar-refractivity contribution in [3.63, 3.8) is 0 Å². The normalized spacial score (nSPS) is 14.7. The lowest BCUT2D eigenvalue weighted by Crippen LogP contribution is -2.32. The molecule has 0 aromatic carbocycles. The van der Waals surface area contributed by atoms with Gasteiger partial charge in [-0.25, -0.2) is 4.98 Å². The van der Waals surface area contributed by atoms with Crippen LogP contribution in [0.15, 0.2) is 12.4 Å². The molecule has 1 heterocycles. The first-order valence-corrected chi connectivity index (χ1v) is 5.78. The van der Waals surface area contributed by atoms with Crippen molar-refractivity contribution < 1.29 is 9.84 Å². The lowest BCUT2D eigenvalue weighted by atomic mass is 9.98. The predicted octanol–water partition coefficient (Wildman–Crippen LogP) is 1.08. The number of hydrogen-bond donors (Lipinski definition) is 2. The maximum Gasteiger partial charge on any atom is 0.238 e. The van der Waals surface area contributed by atoms with Crippen LogP contribution in [0.4, 0.5) is 0 Å². The van der Waals surface area contributed by atoms with E-state index in [1.807, 2.05) is 0 Å². The van der Waals surface area contributed by atoms with E-state index in [9.17, 15) is 5.11 Å². The molecular formula is C12H21N3O2. The molecule has 1 aromatic heterocycles. The fourth-order valence-corrected chi connectivity index (χ4v) is 1.57. The number of nitrogens with one attached hydrogen (secondary N) is 1. The number of aliphatic hydroxyl groups is 1. The van der Waals surface area contributed by atoms with Crippen LogP contribution in [0.5, 0.6) is 5.88 Å². The third kappa shape index (κ3) is 3.94. The lowest BCUT2D eigenvalue weighted by molar-refractivity contribution is 0.0397. The molecule has 17 heavy (non-hydrogen) atoms. The Hall–Kier alpha value is -1.20. The molecule has 0 aliphatic rings. The molecule has 0 bridgehead atoms. The molecular weight excluding hydrogens is 218 g/mol. The average molecular weight is 239 g/mol.